The molecule has 3 aromatic rings. The van der Waals surface area contributed by atoms with Gasteiger partial charge < -0.3 is 19.0 Å². The Hall–Kier alpha value is -2.70. The number of hydrogen-bond donors (Lipinski definition) is 1. The predicted molar refractivity (Wildman–Crippen MR) is 141 cm³/mol. The zero-order valence-electron chi connectivity index (χ0n) is 20.6. The summed E-state index contributed by atoms with van der Waals surface area (Å²) in [6, 6.07) is 28.5. The number of ether oxygens (including phenoxy) is 2. The molecule has 1 N–H and O–H groups in total. The highest BCUT2D eigenvalue weighted by Crippen LogP contribution is 2.37. The highest BCUT2D eigenvalue weighted by Gasteiger charge is 2.50. The summed E-state index contributed by atoms with van der Waals surface area (Å²) in [7, 11) is -1.09. The first kappa shape index (κ1) is 25.9. The summed E-state index contributed by atoms with van der Waals surface area (Å²) < 4.78 is 18.0. The van der Waals surface area contributed by atoms with Crippen LogP contribution in [0, 0.1) is 0 Å². The van der Waals surface area contributed by atoms with Crippen LogP contribution in [0.2, 0.25) is 5.04 Å². The molecule has 5 heteroatoms. The molecule has 0 bridgehead atoms. The Morgan fingerprint density at radius 2 is 1.41 bits per heavy atom. The summed E-state index contributed by atoms with van der Waals surface area (Å²) >= 11 is 0. The van der Waals surface area contributed by atoms with Crippen molar-refractivity contribution < 1.29 is 19.0 Å². The zero-order chi connectivity index (χ0) is 24.6. The Kier molecular flexibility index (Phi) is 8.86. The lowest BCUT2D eigenvalue weighted by molar-refractivity contribution is -0.0375. The van der Waals surface area contributed by atoms with Crippen molar-refractivity contribution in [2.45, 2.75) is 44.6 Å². The van der Waals surface area contributed by atoms with E-state index in [1.54, 1.807) is 13.2 Å². The molecule has 0 aromatic heterocycles. The molecule has 0 unspecified atom stereocenters. The van der Waals surface area contributed by atoms with E-state index in [-0.39, 0.29) is 11.6 Å². The van der Waals surface area contributed by atoms with E-state index in [4.69, 9.17) is 13.9 Å². The fourth-order valence-corrected chi connectivity index (χ4v) is 8.89. The van der Waals surface area contributed by atoms with E-state index in [9.17, 15) is 5.11 Å². The van der Waals surface area contributed by atoms with E-state index in [0.717, 1.165) is 11.3 Å². The molecule has 0 saturated heterocycles. The van der Waals surface area contributed by atoms with Crippen molar-refractivity contribution in [1.29, 1.82) is 0 Å². The van der Waals surface area contributed by atoms with E-state index in [1.807, 2.05) is 36.4 Å². The van der Waals surface area contributed by atoms with Gasteiger partial charge in [-0.15, -0.1) is 6.58 Å². The third-order valence-corrected chi connectivity index (χ3v) is 11.1. The molecule has 0 saturated carbocycles. The molecule has 0 spiro atoms. The molecule has 4 nitrogen and oxygen atoms in total. The minimum atomic E-state index is -2.73. The van der Waals surface area contributed by atoms with Crippen LogP contribution in [0.4, 0.5) is 0 Å². The third-order valence-electron chi connectivity index (χ3n) is 6.10. The van der Waals surface area contributed by atoms with Gasteiger partial charge in [0.25, 0.3) is 8.32 Å². The Morgan fingerprint density at radius 3 is 1.85 bits per heavy atom. The minimum Gasteiger partial charge on any atom is -0.497 e. The van der Waals surface area contributed by atoms with Crippen LogP contribution in [0.1, 0.15) is 26.3 Å². The first-order valence-electron chi connectivity index (χ1n) is 11.6. The second kappa shape index (κ2) is 11.6. The van der Waals surface area contributed by atoms with Gasteiger partial charge in [-0.05, 0) is 33.1 Å². The van der Waals surface area contributed by atoms with Crippen molar-refractivity contribution >= 4 is 18.7 Å². The third kappa shape index (κ3) is 5.86. The topological polar surface area (TPSA) is 47.9 Å². The molecule has 0 heterocycles. The molecule has 3 rings (SSSR count). The maximum atomic E-state index is 11.1. The van der Waals surface area contributed by atoms with Gasteiger partial charge in [0.2, 0.25) is 0 Å². The Labute approximate surface area is 205 Å². The number of methoxy groups -OCH3 is 1. The van der Waals surface area contributed by atoms with Gasteiger partial charge in [0.15, 0.2) is 0 Å². The Balaban J connectivity index is 1.81. The van der Waals surface area contributed by atoms with Crippen LogP contribution in [0.25, 0.3) is 0 Å². The van der Waals surface area contributed by atoms with Gasteiger partial charge in [0.1, 0.15) is 18.0 Å². The molecule has 0 aliphatic rings. The molecule has 3 aromatic carbocycles. The average Bonchev–Trinajstić information content (AvgIpc) is 2.85. The van der Waals surface area contributed by atoms with Crippen LogP contribution in [0.3, 0.4) is 0 Å². The van der Waals surface area contributed by atoms with Crippen LogP contribution < -0.4 is 15.1 Å². The van der Waals surface area contributed by atoms with Gasteiger partial charge >= 0.3 is 0 Å². The summed E-state index contributed by atoms with van der Waals surface area (Å²) in [5, 5.41) is 13.3. The van der Waals surface area contributed by atoms with Crippen LogP contribution in [0.5, 0.6) is 5.75 Å². The number of hydrogen-bond acceptors (Lipinski definition) is 4. The SMILES string of the molecule is C=C[C@H](OCc1ccc(OC)cc1)[C@H](O)CO[Si](c1ccccc1)(c1ccccc1)C(C)(C)C. The lowest BCUT2D eigenvalue weighted by atomic mass is 10.2. The molecule has 34 heavy (non-hydrogen) atoms. The Bertz CT molecular complexity index is 974. The molecule has 0 radical (unpaired) electrons. The first-order chi connectivity index (χ1) is 16.3. The van der Waals surface area contributed by atoms with E-state index in [0.29, 0.717) is 6.61 Å². The van der Waals surface area contributed by atoms with E-state index in [2.05, 4.69) is 75.9 Å². The predicted octanol–water partition coefficient (Wildman–Crippen LogP) is 4.70. The van der Waals surface area contributed by atoms with Crippen LogP contribution in [0.15, 0.2) is 97.6 Å². The number of rotatable bonds is 11. The van der Waals surface area contributed by atoms with Gasteiger partial charge in [-0.25, -0.2) is 0 Å². The van der Waals surface area contributed by atoms with Crippen molar-refractivity contribution in [2.75, 3.05) is 13.7 Å². The summed E-state index contributed by atoms with van der Waals surface area (Å²) in [6.45, 7) is 11.0. The monoisotopic (exact) mass is 476 g/mol. The number of benzene rings is 3. The molecular formula is C29H36O4Si. The fourth-order valence-electron chi connectivity index (χ4n) is 4.32. The molecule has 0 fully saturated rings. The van der Waals surface area contributed by atoms with Crippen molar-refractivity contribution in [2.24, 2.45) is 0 Å². The standard InChI is InChI=1S/C29H36O4Si/c1-6-28(32-21-23-17-19-24(31-5)20-18-23)27(30)22-33-34(29(2,3)4,25-13-9-7-10-14-25)26-15-11-8-12-16-26/h6-20,27-28,30H,1,21-22H2,2-5H3/t27-,28+/m1/s1. The van der Waals surface area contributed by atoms with Gasteiger partial charge in [0, 0.05) is 0 Å². The maximum absolute atomic E-state index is 11.1. The van der Waals surface area contributed by atoms with Crippen LogP contribution >= 0.6 is 0 Å². The molecule has 0 aliphatic carbocycles. The number of aliphatic hydroxyl groups excluding tert-OH is 1. The van der Waals surface area contributed by atoms with Crippen molar-refractivity contribution in [3.8, 4) is 5.75 Å². The fraction of sp³-hybridized carbons (Fsp3) is 0.310. The van der Waals surface area contributed by atoms with Crippen molar-refractivity contribution in [3.63, 3.8) is 0 Å². The van der Waals surface area contributed by atoms with Crippen molar-refractivity contribution in [1.82, 2.24) is 0 Å². The largest absolute Gasteiger partial charge is 0.497 e. The number of aliphatic hydroxyl groups is 1. The second-order valence-electron chi connectivity index (χ2n) is 9.40. The lowest BCUT2D eigenvalue weighted by Gasteiger charge is -2.43. The first-order valence-corrected chi connectivity index (χ1v) is 13.5. The molecule has 2 atom stereocenters. The van der Waals surface area contributed by atoms with E-state index < -0.39 is 20.5 Å². The lowest BCUT2D eigenvalue weighted by Crippen LogP contribution is -2.67. The quantitative estimate of drug-likeness (QED) is 0.322. The normalized spacial score (nSPS) is 13.8. The average molecular weight is 477 g/mol. The van der Waals surface area contributed by atoms with Gasteiger partial charge in [-0.2, -0.15) is 0 Å². The molecular weight excluding hydrogens is 440 g/mol. The highest BCUT2D eigenvalue weighted by atomic mass is 28.4. The molecule has 0 aliphatic heterocycles. The maximum Gasteiger partial charge on any atom is 0.261 e. The van der Waals surface area contributed by atoms with Gasteiger partial charge in [-0.1, -0.05) is 99.6 Å². The summed E-state index contributed by atoms with van der Waals surface area (Å²) in [6.07, 6.45) is 0.237. The van der Waals surface area contributed by atoms with Crippen molar-refractivity contribution in [3.05, 3.63) is 103 Å². The molecule has 180 valence electrons. The van der Waals surface area contributed by atoms with Crippen LogP contribution in [-0.4, -0.2) is 39.3 Å². The smallest absolute Gasteiger partial charge is 0.261 e. The summed E-state index contributed by atoms with van der Waals surface area (Å²) in [5.74, 6) is 0.794. The van der Waals surface area contributed by atoms with Gasteiger partial charge in [0.05, 0.1) is 20.3 Å². The summed E-state index contributed by atoms with van der Waals surface area (Å²) in [4.78, 5) is 0. The van der Waals surface area contributed by atoms with E-state index >= 15 is 0 Å². The van der Waals surface area contributed by atoms with E-state index in [1.165, 1.54) is 10.4 Å². The second-order valence-corrected chi connectivity index (χ2v) is 13.7. The zero-order valence-corrected chi connectivity index (χ0v) is 21.6. The molecule has 0 amide bonds. The highest BCUT2D eigenvalue weighted by molar-refractivity contribution is 6.99. The summed E-state index contributed by atoms with van der Waals surface area (Å²) in [5.41, 5.74) is 0.993. The van der Waals surface area contributed by atoms with Crippen LogP contribution in [-0.2, 0) is 15.8 Å². The van der Waals surface area contributed by atoms with Gasteiger partial charge in [-0.3, -0.25) is 0 Å². The minimum absolute atomic E-state index is 0.145. The Morgan fingerprint density at radius 1 is 0.882 bits per heavy atom.